The summed E-state index contributed by atoms with van der Waals surface area (Å²) in [5.41, 5.74) is 2.65. The predicted octanol–water partition coefficient (Wildman–Crippen LogP) is 4.43. The number of nitrogens with zero attached hydrogens (tertiary/aromatic N) is 5. The van der Waals surface area contributed by atoms with Gasteiger partial charge < -0.3 is 14.5 Å². The predicted molar refractivity (Wildman–Crippen MR) is 123 cm³/mol. The highest BCUT2D eigenvalue weighted by Crippen LogP contribution is 2.35. The van der Waals surface area contributed by atoms with Crippen molar-refractivity contribution in [1.29, 1.82) is 0 Å². The maximum atomic E-state index is 13.6. The van der Waals surface area contributed by atoms with Gasteiger partial charge >= 0.3 is 6.01 Å². The summed E-state index contributed by atoms with van der Waals surface area (Å²) in [6, 6.07) is 18.0. The minimum absolute atomic E-state index is 0.126. The number of fused-ring (bicyclic) bond motifs is 1. The minimum atomic E-state index is -0.200. The second-order valence-corrected chi connectivity index (χ2v) is 8.00. The van der Waals surface area contributed by atoms with Gasteiger partial charge in [0.1, 0.15) is 11.9 Å². The Labute approximate surface area is 187 Å². The quantitative estimate of drug-likeness (QED) is 0.388. The Balaban J connectivity index is 1.76. The summed E-state index contributed by atoms with van der Waals surface area (Å²) in [6.07, 6.45) is 0.316. The zero-order valence-electron chi connectivity index (χ0n) is 18.6. The number of anilines is 1. The molecular weight excluding hydrogens is 406 g/mol. The number of ether oxygens (including phenoxy) is 1. The standard InChI is InChI=1S/C24H27N5O3/c1-17-10-12-20(13-11-17)32-24-26-22-21(29(24)16-19-8-5-4-6-9-19)23(30)28(15-7-14-25-31)18(2)27(22)3/h4-6,8-13,18H,7,14-16H2,1-3H3. The topological polar surface area (TPSA) is 80.0 Å². The lowest BCUT2D eigenvalue weighted by molar-refractivity contribution is 0.0658. The van der Waals surface area contributed by atoms with E-state index in [4.69, 9.17) is 9.72 Å². The first kappa shape index (κ1) is 21.5. The summed E-state index contributed by atoms with van der Waals surface area (Å²) < 4.78 is 7.99. The highest BCUT2D eigenvalue weighted by Gasteiger charge is 2.38. The summed E-state index contributed by atoms with van der Waals surface area (Å²) in [4.78, 5) is 32.5. The Morgan fingerprint density at radius 2 is 1.81 bits per heavy atom. The number of nitroso groups, excluding NO2 is 1. The number of benzene rings is 2. The largest absolute Gasteiger partial charge is 0.425 e. The van der Waals surface area contributed by atoms with Crippen LogP contribution in [0.25, 0.3) is 0 Å². The van der Waals surface area contributed by atoms with Crippen LogP contribution >= 0.6 is 0 Å². The van der Waals surface area contributed by atoms with Gasteiger partial charge in [0.05, 0.1) is 13.1 Å². The molecule has 0 spiro atoms. The molecule has 1 aliphatic heterocycles. The van der Waals surface area contributed by atoms with Gasteiger partial charge in [0.2, 0.25) is 0 Å². The number of hydrogen-bond acceptors (Lipinski definition) is 6. The second-order valence-electron chi connectivity index (χ2n) is 8.00. The molecule has 1 aromatic heterocycles. The van der Waals surface area contributed by atoms with Crippen molar-refractivity contribution in [3.63, 3.8) is 0 Å². The third kappa shape index (κ3) is 4.21. The molecule has 0 bridgehead atoms. The number of aromatic nitrogens is 2. The highest BCUT2D eigenvalue weighted by atomic mass is 16.5. The van der Waals surface area contributed by atoms with Gasteiger partial charge in [-0.3, -0.25) is 9.36 Å². The van der Waals surface area contributed by atoms with E-state index in [-0.39, 0.29) is 18.6 Å². The van der Waals surface area contributed by atoms with Crippen molar-refractivity contribution < 1.29 is 9.53 Å². The zero-order valence-corrected chi connectivity index (χ0v) is 18.6. The van der Waals surface area contributed by atoms with Crippen molar-refractivity contribution in [1.82, 2.24) is 14.5 Å². The fourth-order valence-corrected chi connectivity index (χ4v) is 3.87. The Kier molecular flexibility index (Phi) is 6.20. The average molecular weight is 434 g/mol. The van der Waals surface area contributed by atoms with Gasteiger partial charge in [-0.15, -0.1) is 0 Å². The normalized spacial score (nSPS) is 15.6. The van der Waals surface area contributed by atoms with Gasteiger partial charge in [-0.25, -0.2) is 0 Å². The molecule has 8 nitrogen and oxygen atoms in total. The van der Waals surface area contributed by atoms with Crippen LogP contribution in [0, 0.1) is 11.8 Å². The summed E-state index contributed by atoms with van der Waals surface area (Å²) in [6.45, 7) is 5.04. The van der Waals surface area contributed by atoms with Gasteiger partial charge in [0.25, 0.3) is 5.91 Å². The maximum Gasteiger partial charge on any atom is 0.304 e. The summed E-state index contributed by atoms with van der Waals surface area (Å²) >= 11 is 0. The Morgan fingerprint density at radius 1 is 1.09 bits per heavy atom. The molecule has 1 aliphatic rings. The van der Waals surface area contributed by atoms with E-state index >= 15 is 0 Å². The van der Waals surface area contributed by atoms with Crippen LogP contribution in [0.3, 0.4) is 0 Å². The molecule has 32 heavy (non-hydrogen) atoms. The molecule has 1 atom stereocenters. The Bertz CT molecular complexity index is 1090. The average Bonchev–Trinajstić information content (AvgIpc) is 3.15. The van der Waals surface area contributed by atoms with E-state index in [2.05, 4.69) is 5.18 Å². The lowest BCUT2D eigenvalue weighted by atomic mass is 10.2. The molecule has 2 aromatic carbocycles. The fourth-order valence-electron chi connectivity index (χ4n) is 3.87. The van der Waals surface area contributed by atoms with E-state index in [9.17, 15) is 9.70 Å². The molecule has 0 fully saturated rings. The van der Waals surface area contributed by atoms with Crippen molar-refractivity contribution in [2.24, 2.45) is 5.18 Å². The first-order valence-corrected chi connectivity index (χ1v) is 10.7. The van der Waals surface area contributed by atoms with Crippen molar-refractivity contribution in [3.8, 4) is 11.8 Å². The molecule has 1 amide bonds. The molecule has 2 heterocycles. The summed E-state index contributed by atoms with van der Waals surface area (Å²) in [5, 5.41) is 2.92. The van der Waals surface area contributed by atoms with Crippen LogP contribution in [-0.4, -0.2) is 46.7 Å². The number of carbonyl (C=O) groups excluding carboxylic acids is 1. The Hall–Kier alpha value is -3.68. The van der Waals surface area contributed by atoms with Crippen molar-refractivity contribution >= 4 is 11.7 Å². The van der Waals surface area contributed by atoms with Gasteiger partial charge in [-0.05, 0) is 38.0 Å². The molecule has 0 N–H and O–H groups in total. The van der Waals surface area contributed by atoms with Crippen LogP contribution in [0.4, 0.5) is 5.82 Å². The van der Waals surface area contributed by atoms with Gasteiger partial charge in [0, 0.05) is 13.6 Å². The van der Waals surface area contributed by atoms with Crippen molar-refractivity contribution in [2.75, 3.05) is 25.0 Å². The number of amides is 1. The molecular formula is C24H27N5O3. The zero-order chi connectivity index (χ0) is 22.7. The lowest BCUT2D eigenvalue weighted by Crippen LogP contribution is -2.53. The Morgan fingerprint density at radius 3 is 2.50 bits per heavy atom. The van der Waals surface area contributed by atoms with Gasteiger partial charge in [-0.1, -0.05) is 53.2 Å². The lowest BCUT2D eigenvalue weighted by Gasteiger charge is -2.40. The fraction of sp³-hybridized carbons (Fsp3) is 0.333. The molecule has 166 valence electrons. The van der Waals surface area contributed by atoms with E-state index in [1.165, 1.54) is 0 Å². The summed E-state index contributed by atoms with van der Waals surface area (Å²) in [7, 11) is 1.91. The minimum Gasteiger partial charge on any atom is -0.425 e. The second kappa shape index (κ2) is 9.21. The first-order chi connectivity index (χ1) is 15.5. The molecule has 1 unspecified atom stereocenters. The van der Waals surface area contributed by atoms with Crippen LogP contribution in [0.1, 0.15) is 35.0 Å². The SMILES string of the molecule is Cc1ccc(Oc2nc3c(n2Cc2ccccc2)C(=O)N(CCCN=O)C(C)N3C)cc1. The third-order valence-corrected chi connectivity index (χ3v) is 5.79. The number of aryl methyl sites for hydroxylation is 1. The molecule has 3 aromatic rings. The van der Waals surface area contributed by atoms with Crippen LogP contribution in [0.15, 0.2) is 59.8 Å². The van der Waals surface area contributed by atoms with E-state index in [0.29, 0.717) is 42.8 Å². The highest BCUT2D eigenvalue weighted by molar-refractivity contribution is 6.00. The smallest absolute Gasteiger partial charge is 0.304 e. The number of imidazole rings is 1. The molecule has 0 radical (unpaired) electrons. The maximum absolute atomic E-state index is 13.6. The van der Waals surface area contributed by atoms with Crippen LogP contribution < -0.4 is 9.64 Å². The van der Waals surface area contributed by atoms with E-state index in [0.717, 1.165) is 11.1 Å². The molecule has 8 heteroatoms. The third-order valence-electron chi connectivity index (χ3n) is 5.79. The van der Waals surface area contributed by atoms with Gasteiger partial charge in [-0.2, -0.15) is 9.89 Å². The number of rotatable bonds is 8. The van der Waals surface area contributed by atoms with E-state index in [1.54, 1.807) is 4.90 Å². The van der Waals surface area contributed by atoms with Gasteiger partial charge in [0.15, 0.2) is 11.5 Å². The van der Waals surface area contributed by atoms with E-state index in [1.807, 2.05) is 85.0 Å². The molecule has 0 saturated carbocycles. The van der Waals surface area contributed by atoms with Crippen LogP contribution in [0.2, 0.25) is 0 Å². The van der Waals surface area contributed by atoms with Crippen molar-refractivity contribution in [3.05, 3.63) is 76.3 Å². The molecule has 0 saturated heterocycles. The first-order valence-electron chi connectivity index (χ1n) is 10.7. The van der Waals surface area contributed by atoms with Crippen LogP contribution in [-0.2, 0) is 6.54 Å². The van der Waals surface area contributed by atoms with Crippen LogP contribution in [0.5, 0.6) is 11.8 Å². The number of carbonyl (C=O) groups is 1. The monoisotopic (exact) mass is 433 g/mol. The number of hydrogen-bond donors (Lipinski definition) is 0. The molecule has 0 aliphatic carbocycles. The molecule has 4 rings (SSSR count). The van der Waals surface area contributed by atoms with E-state index < -0.39 is 0 Å². The van der Waals surface area contributed by atoms with Crippen molar-refractivity contribution in [2.45, 2.75) is 33.0 Å². The summed E-state index contributed by atoms with van der Waals surface area (Å²) in [5.74, 6) is 1.12.